The van der Waals surface area contributed by atoms with Gasteiger partial charge in [0, 0.05) is 11.3 Å². The summed E-state index contributed by atoms with van der Waals surface area (Å²) in [7, 11) is 0. The van der Waals surface area contributed by atoms with Gasteiger partial charge in [0.2, 0.25) is 5.89 Å². The molecule has 6 heteroatoms. The third kappa shape index (κ3) is 2.08. The maximum absolute atomic E-state index is 10.7. The predicted molar refractivity (Wildman–Crippen MR) is 59.9 cm³/mol. The average Bonchev–Trinajstić information content (AvgIpc) is 2.73. The van der Waals surface area contributed by atoms with Crippen molar-refractivity contribution >= 4 is 17.3 Å². The molecule has 0 spiro atoms. The van der Waals surface area contributed by atoms with Crippen molar-refractivity contribution in [2.45, 2.75) is 18.8 Å². The van der Waals surface area contributed by atoms with Crippen molar-refractivity contribution in [3.63, 3.8) is 0 Å². The largest absolute Gasteiger partial charge is 0.481 e. The fourth-order valence-corrected chi connectivity index (χ4v) is 2.50. The molecule has 0 bridgehead atoms. The summed E-state index contributed by atoms with van der Waals surface area (Å²) in [6.45, 7) is 0. The molecule has 0 saturated heterocycles. The first-order chi connectivity index (χ1) is 8.24. The van der Waals surface area contributed by atoms with Crippen molar-refractivity contribution in [2.75, 3.05) is 0 Å². The molecular weight excluding hydrogens is 240 g/mol. The smallest absolute Gasteiger partial charge is 0.307 e. The second-order valence-corrected chi connectivity index (χ2v) is 5.12. The van der Waals surface area contributed by atoms with Gasteiger partial charge in [0.25, 0.3) is 0 Å². The molecule has 5 nitrogen and oxygen atoms in total. The van der Waals surface area contributed by atoms with Gasteiger partial charge >= 0.3 is 5.97 Å². The number of aliphatic carboxylic acids is 1. The van der Waals surface area contributed by atoms with Gasteiger partial charge in [0.15, 0.2) is 5.82 Å². The van der Waals surface area contributed by atoms with Crippen LogP contribution in [0.25, 0.3) is 0 Å². The summed E-state index contributed by atoms with van der Waals surface area (Å²) in [5.74, 6) is -0.127. The molecule has 1 saturated carbocycles. The Balaban J connectivity index is 1.69. The van der Waals surface area contributed by atoms with Crippen molar-refractivity contribution in [3.05, 3.63) is 34.1 Å². The van der Waals surface area contributed by atoms with E-state index >= 15 is 0 Å². The van der Waals surface area contributed by atoms with Gasteiger partial charge in [-0.3, -0.25) is 4.79 Å². The number of carbonyl (C=O) groups is 1. The van der Waals surface area contributed by atoms with Crippen LogP contribution in [-0.4, -0.2) is 21.2 Å². The number of carboxylic acid groups (broad SMARTS) is 1. The third-order valence-corrected chi connectivity index (χ3v) is 3.70. The standard InChI is InChI=1S/C11H10N2O3S/c14-11(15)8-5-7(8)10-12-9(13-16-10)4-6-2-1-3-17-6/h1-3,7-8H,4-5H2,(H,14,15). The minimum absolute atomic E-state index is 0.0860. The molecule has 0 aliphatic heterocycles. The summed E-state index contributed by atoms with van der Waals surface area (Å²) in [4.78, 5) is 16.1. The van der Waals surface area contributed by atoms with Gasteiger partial charge in [0.1, 0.15) is 0 Å². The zero-order chi connectivity index (χ0) is 11.8. The Kier molecular flexibility index (Phi) is 2.44. The molecule has 2 atom stereocenters. The van der Waals surface area contributed by atoms with Crippen molar-refractivity contribution in [3.8, 4) is 0 Å². The van der Waals surface area contributed by atoms with E-state index in [-0.39, 0.29) is 11.8 Å². The predicted octanol–water partition coefficient (Wildman–Crippen LogP) is 1.91. The lowest BCUT2D eigenvalue weighted by Gasteiger charge is -1.88. The minimum Gasteiger partial charge on any atom is -0.481 e. The molecule has 1 aliphatic rings. The molecule has 0 amide bonds. The van der Waals surface area contributed by atoms with Crippen LogP contribution in [0.15, 0.2) is 22.0 Å². The summed E-state index contributed by atoms with van der Waals surface area (Å²) in [6.07, 6.45) is 1.25. The first-order valence-corrected chi connectivity index (χ1v) is 6.19. The van der Waals surface area contributed by atoms with Gasteiger partial charge in [-0.05, 0) is 17.9 Å². The van der Waals surface area contributed by atoms with Crippen molar-refractivity contribution in [1.29, 1.82) is 0 Å². The highest BCUT2D eigenvalue weighted by Gasteiger charge is 2.48. The zero-order valence-electron chi connectivity index (χ0n) is 8.87. The van der Waals surface area contributed by atoms with Gasteiger partial charge in [-0.15, -0.1) is 11.3 Å². The molecule has 2 heterocycles. The lowest BCUT2D eigenvalue weighted by atomic mass is 10.3. The Morgan fingerprint density at radius 2 is 2.53 bits per heavy atom. The Hall–Kier alpha value is -1.69. The monoisotopic (exact) mass is 250 g/mol. The van der Waals surface area contributed by atoms with E-state index in [9.17, 15) is 4.79 Å². The van der Waals surface area contributed by atoms with E-state index in [1.807, 2.05) is 17.5 Å². The van der Waals surface area contributed by atoms with Crippen LogP contribution in [0.1, 0.15) is 28.9 Å². The number of hydrogen-bond acceptors (Lipinski definition) is 5. The van der Waals surface area contributed by atoms with E-state index in [0.29, 0.717) is 24.6 Å². The van der Waals surface area contributed by atoms with Gasteiger partial charge < -0.3 is 9.63 Å². The van der Waals surface area contributed by atoms with E-state index in [2.05, 4.69) is 10.1 Å². The second-order valence-electron chi connectivity index (χ2n) is 4.09. The molecule has 88 valence electrons. The van der Waals surface area contributed by atoms with E-state index in [0.717, 1.165) is 0 Å². The Morgan fingerprint density at radius 1 is 1.65 bits per heavy atom. The second kappa shape index (κ2) is 3.96. The summed E-state index contributed by atoms with van der Waals surface area (Å²) < 4.78 is 5.10. The van der Waals surface area contributed by atoms with Crippen LogP contribution < -0.4 is 0 Å². The topological polar surface area (TPSA) is 76.2 Å². The molecule has 1 aliphatic carbocycles. The fourth-order valence-electron chi connectivity index (χ4n) is 1.80. The highest BCUT2D eigenvalue weighted by atomic mass is 32.1. The van der Waals surface area contributed by atoms with Gasteiger partial charge in [-0.2, -0.15) is 4.98 Å². The van der Waals surface area contributed by atoms with E-state index in [1.54, 1.807) is 11.3 Å². The molecule has 2 unspecified atom stereocenters. The van der Waals surface area contributed by atoms with E-state index in [1.165, 1.54) is 4.88 Å². The SMILES string of the molecule is O=C(O)C1CC1c1nc(Cc2cccs2)no1. The number of aromatic nitrogens is 2. The highest BCUT2D eigenvalue weighted by Crippen LogP contribution is 2.46. The highest BCUT2D eigenvalue weighted by molar-refractivity contribution is 7.09. The Morgan fingerprint density at radius 3 is 3.18 bits per heavy atom. The first-order valence-electron chi connectivity index (χ1n) is 5.31. The zero-order valence-corrected chi connectivity index (χ0v) is 9.68. The summed E-state index contributed by atoms with van der Waals surface area (Å²) in [5, 5.41) is 14.7. The summed E-state index contributed by atoms with van der Waals surface area (Å²) in [5.41, 5.74) is 0. The maximum Gasteiger partial charge on any atom is 0.307 e. The molecule has 1 N–H and O–H groups in total. The number of nitrogens with zero attached hydrogens (tertiary/aromatic N) is 2. The Bertz CT molecular complexity index is 535. The van der Waals surface area contributed by atoms with Gasteiger partial charge in [-0.25, -0.2) is 0 Å². The lowest BCUT2D eigenvalue weighted by Crippen LogP contribution is -1.99. The van der Waals surface area contributed by atoms with Crippen molar-refractivity contribution < 1.29 is 14.4 Å². The fraction of sp³-hybridized carbons (Fsp3) is 0.364. The maximum atomic E-state index is 10.7. The van der Waals surface area contributed by atoms with Crippen molar-refractivity contribution in [2.24, 2.45) is 5.92 Å². The van der Waals surface area contributed by atoms with E-state index < -0.39 is 5.97 Å². The number of thiophene rings is 1. The van der Waals surface area contributed by atoms with Crippen LogP contribution in [-0.2, 0) is 11.2 Å². The number of hydrogen-bond donors (Lipinski definition) is 1. The van der Waals surface area contributed by atoms with E-state index in [4.69, 9.17) is 9.63 Å². The Labute approximate surface area is 101 Å². The van der Waals surface area contributed by atoms with Gasteiger partial charge in [0.05, 0.1) is 11.8 Å². The van der Waals surface area contributed by atoms with Crippen LogP contribution in [0.2, 0.25) is 0 Å². The molecule has 1 fully saturated rings. The summed E-state index contributed by atoms with van der Waals surface area (Å²) >= 11 is 1.64. The van der Waals surface area contributed by atoms with Crippen LogP contribution in [0.3, 0.4) is 0 Å². The van der Waals surface area contributed by atoms with Crippen LogP contribution in [0, 0.1) is 5.92 Å². The molecule has 2 aromatic rings. The minimum atomic E-state index is -0.784. The third-order valence-electron chi connectivity index (χ3n) is 2.82. The quantitative estimate of drug-likeness (QED) is 0.897. The molecular formula is C11H10N2O3S. The van der Waals surface area contributed by atoms with Gasteiger partial charge in [-0.1, -0.05) is 11.2 Å². The molecule has 2 aromatic heterocycles. The molecule has 0 radical (unpaired) electrons. The normalized spacial score (nSPS) is 22.6. The molecule has 3 rings (SSSR count). The number of rotatable bonds is 4. The average molecular weight is 250 g/mol. The molecule has 0 aromatic carbocycles. The molecule has 17 heavy (non-hydrogen) atoms. The lowest BCUT2D eigenvalue weighted by molar-refractivity contribution is -0.138. The van der Waals surface area contributed by atoms with Crippen molar-refractivity contribution in [1.82, 2.24) is 10.1 Å². The number of carboxylic acids is 1. The van der Waals surface area contributed by atoms with Crippen LogP contribution >= 0.6 is 11.3 Å². The summed E-state index contributed by atoms with van der Waals surface area (Å²) in [6, 6.07) is 3.99. The van der Waals surface area contributed by atoms with Crippen LogP contribution in [0.4, 0.5) is 0 Å². The first kappa shape index (κ1) is 10.5. The van der Waals surface area contributed by atoms with Crippen LogP contribution in [0.5, 0.6) is 0 Å².